The van der Waals surface area contributed by atoms with E-state index < -0.39 is 0 Å². The van der Waals surface area contributed by atoms with Gasteiger partial charge in [-0.25, -0.2) is 0 Å². The molecule has 1 aliphatic rings. The fraction of sp³-hybridized carbons (Fsp3) is 0.294. The van der Waals surface area contributed by atoms with E-state index in [-0.39, 0.29) is 24.5 Å². The third kappa shape index (κ3) is 3.55. The van der Waals surface area contributed by atoms with Crippen molar-refractivity contribution < 1.29 is 14.3 Å². The third-order valence-corrected chi connectivity index (χ3v) is 3.72. The lowest BCUT2D eigenvalue weighted by atomic mass is 10.1. The molecule has 0 spiro atoms. The average Bonchev–Trinajstić information content (AvgIpc) is 2.55. The molecule has 2 aromatic carbocycles. The van der Waals surface area contributed by atoms with Gasteiger partial charge in [0.05, 0.1) is 0 Å². The van der Waals surface area contributed by atoms with Crippen molar-refractivity contribution in [3.8, 4) is 5.75 Å². The summed E-state index contributed by atoms with van der Waals surface area (Å²) in [7, 11) is 0. The standard InChI is InChI=1S/C17H18N2O3/c20-16-8-6-14(10-18-16)19-17(21)11-22-15-7-5-12-3-1-2-4-13(12)9-15/h1-5,7,9,14H,6,8,10-11H2,(H,18,20)(H,19,21). The summed E-state index contributed by atoms with van der Waals surface area (Å²) in [6, 6.07) is 13.7. The summed E-state index contributed by atoms with van der Waals surface area (Å²) in [6.45, 7) is 0.462. The molecule has 1 saturated heterocycles. The van der Waals surface area contributed by atoms with Gasteiger partial charge in [-0.15, -0.1) is 0 Å². The summed E-state index contributed by atoms with van der Waals surface area (Å²) in [5.74, 6) is 0.540. The summed E-state index contributed by atoms with van der Waals surface area (Å²) in [5, 5.41) is 7.82. The minimum atomic E-state index is -0.172. The Bertz CT molecular complexity index is 689. The quantitative estimate of drug-likeness (QED) is 0.901. The lowest BCUT2D eigenvalue weighted by Crippen LogP contribution is -2.48. The number of piperidine rings is 1. The maximum Gasteiger partial charge on any atom is 0.258 e. The first-order valence-electron chi connectivity index (χ1n) is 7.38. The van der Waals surface area contributed by atoms with Gasteiger partial charge in [0.25, 0.3) is 5.91 Å². The molecule has 114 valence electrons. The van der Waals surface area contributed by atoms with Crippen molar-refractivity contribution >= 4 is 22.6 Å². The molecule has 2 amide bonds. The number of fused-ring (bicyclic) bond motifs is 1. The molecule has 0 aliphatic carbocycles. The smallest absolute Gasteiger partial charge is 0.258 e. The van der Waals surface area contributed by atoms with Gasteiger partial charge in [0.2, 0.25) is 5.91 Å². The highest BCUT2D eigenvalue weighted by atomic mass is 16.5. The molecule has 1 aliphatic heterocycles. The number of hydrogen-bond donors (Lipinski definition) is 2. The number of ether oxygens (including phenoxy) is 1. The summed E-state index contributed by atoms with van der Waals surface area (Å²) in [4.78, 5) is 22.9. The van der Waals surface area contributed by atoms with E-state index >= 15 is 0 Å². The Labute approximate surface area is 128 Å². The SMILES string of the molecule is O=C1CCC(NC(=O)COc2ccc3ccccc3c2)CN1. The number of carbonyl (C=O) groups excluding carboxylic acids is 2. The Morgan fingerprint density at radius 2 is 2.05 bits per heavy atom. The van der Waals surface area contributed by atoms with Gasteiger partial charge in [0.15, 0.2) is 6.61 Å². The van der Waals surface area contributed by atoms with E-state index in [2.05, 4.69) is 10.6 Å². The number of hydrogen-bond acceptors (Lipinski definition) is 3. The number of rotatable bonds is 4. The molecule has 1 heterocycles. The van der Waals surface area contributed by atoms with E-state index in [0.29, 0.717) is 25.1 Å². The summed E-state index contributed by atoms with van der Waals surface area (Å²) < 4.78 is 5.54. The van der Waals surface area contributed by atoms with Crippen LogP contribution in [0.5, 0.6) is 5.75 Å². The maximum absolute atomic E-state index is 11.9. The maximum atomic E-state index is 11.9. The number of amides is 2. The lowest BCUT2D eigenvalue weighted by molar-refractivity contribution is -0.126. The topological polar surface area (TPSA) is 67.4 Å². The van der Waals surface area contributed by atoms with E-state index in [4.69, 9.17) is 4.74 Å². The van der Waals surface area contributed by atoms with E-state index in [0.717, 1.165) is 10.8 Å². The van der Waals surface area contributed by atoms with Crippen LogP contribution in [0.15, 0.2) is 42.5 Å². The minimum Gasteiger partial charge on any atom is -0.484 e. The van der Waals surface area contributed by atoms with Crippen molar-refractivity contribution in [2.75, 3.05) is 13.2 Å². The van der Waals surface area contributed by atoms with Crippen molar-refractivity contribution in [1.29, 1.82) is 0 Å². The lowest BCUT2D eigenvalue weighted by Gasteiger charge is -2.23. The van der Waals surface area contributed by atoms with Crippen LogP contribution in [0.2, 0.25) is 0 Å². The predicted octanol–water partition coefficient (Wildman–Crippen LogP) is 1.61. The van der Waals surface area contributed by atoms with Crippen LogP contribution < -0.4 is 15.4 Å². The molecule has 0 aromatic heterocycles. The van der Waals surface area contributed by atoms with Crippen LogP contribution in [-0.4, -0.2) is 31.0 Å². The van der Waals surface area contributed by atoms with Crippen molar-refractivity contribution in [2.45, 2.75) is 18.9 Å². The summed E-state index contributed by atoms with van der Waals surface area (Å²) >= 11 is 0. The van der Waals surface area contributed by atoms with Crippen LogP contribution in [-0.2, 0) is 9.59 Å². The van der Waals surface area contributed by atoms with E-state index in [1.165, 1.54) is 0 Å². The Morgan fingerprint density at radius 1 is 1.23 bits per heavy atom. The van der Waals surface area contributed by atoms with Crippen LogP contribution in [0.4, 0.5) is 0 Å². The fourth-order valence-electron chi connectivity index (χ4n) is 2.53. The van der Waals surface area contributed by atoms with Crippen LogP contribution in [0.3, 0.4) is 0 Å². The molecule has 5 nitrogen and oxygen atoms in total. The zero-order valence-corrected chi connectivity index (χ0v) is 12.2. The van der Waals surface area contributed by atoms with Crippen LogP contribution >= 0.6 is 0 Å². The van der Waals surface area contributed by atoms with Gasteiger partial charge >= 0.3 is 0 Å². The van der Waals surface area contributed by atoms with Gasteiger partial charge in [0, 0.05) is 19.0 Å². The van der Waals surface area contributed by atoms with Gasteiger partial charge in [-0.05, 0) is 29.3 Å². The second-order valence-electron chi connectivity index (χ2n) is 5.40. The molecule has 3 rings (SSSR count). The first-order valence-corrected chi connectivity index (χ1v) is 7.38. The highest BCUT2D eigenvalue weighted by Crippen LogP contribution is 2.20. The fourth-order valence-corrected chi connectivity index (χ4v) is 2.53. The highest BCUT2D eigenvalue weighted by Gasteiger charge is 2.19. The average molecular weight is 298 g/mol. The summed E-state index contributed by atoms with van der Waals surface area (Å²) in [6.07, 6.45) is 1.13. The van der Waals surface area contributed by atoms with Gasteiger partial charge < -0.3 is 15.4 Å². The Kier molecular flexibility index (Phi) is 4.23. The largest absolute Gasteiger partial charge is 0.484 e. The van der Waals surface area contributed by atoms with Crippen LogP contribution in [0.1, 0.15) is 12.8 Å². The summed E-state index contributed by atoms with van der Waals surface area (Å²) in [5.41, 5.74) is 0. The molecule has 1 atom stereocenters. The zero-order valence-electron chi connectivity index (χ0n) is 12.2. The minimum absolute atomic E-state index is 0.00889. The second kappa shape index (κ2) is 6.47. The third-order valence-electron chi connectivity index (χ3n) is 3.72. The van der Waals surface area contributed by atoms with E-state index in [9.17, 15) is 9.59 Å². The van der Waals surface area contributed by atoms with Crippen molar-refractivity contribution in [2.24, 2.45) is 0 Å². The molecular formula is C17H18N2O3. The molecule has 5 heteroatoms. The monoisotopic (exact) mass is 298 g/mol. The van der Waals surface area contributed by atoms with E-state index in [1.807, 2.05) is 42.5 Å². The first kappa shape index (κ1) is 14.4. The molecule has 2 aromatic rings. The van der Waals surface area contributed by atoms with E-state index in [1.54, 1.807) is 0 Å². The Morgan fingerprint density at radius 3 is 2.82 bits per heavy atom. The molecule has 1 fully saturated rings. The predicted molar refractivity (Wildman–Crippen MR) is 83.6 cm³/mol. The van der Waals surface area contributed by atoms with Crippen molar-refractivity contribution in [3.63, 3.8) is 0 Å². The molecular weight excluding hydrogens is 280 g/mol. The number of benzene rings is 2. The number of carbonyl (C=O) groups is 2. The van der Waals surface area contributed by atoms with Crippen molar-refractivity contribution in [3.05, 3.63) is 42.5 Å². The van der Waals surface area contributed by atoms with Gasteiger partial charge in [0.1, 0.15) is 5.75 Å². The Hall–Kier alpha value is -2.56. The molecule has 22 heavy (non-hydrogen) atoms. The normalized spacial score (nSPS) is 17.8. The molecule has 1 unspecified atom stereocenters. The molecule has 0 bridgehead atoms. The van der Waals surface area contributed by atoms with Crippen molar-refractivity contribution in [1.82, 2.24) is 10.6 Å². The molecule has 2 N–H and O–H groups in total. The zero-order chi connectivity index (χ0) is 15.4. The van der Waals surface area contributed by atoms with Gasteiger partial charge in [-0.2, -0.15) is 0 Å². The Balaban J connectivity index is 1.52. The second-order valence-corrected chi connectivity index (χ2v) is 5.40. The molecule has 0 radical (unpaired) electrons. The highest BCUT2D eigenvalue weighted by molar-refractivity contribution is 5.84. The van der Waals surface area contributed by atoms with Gasteiger partial charge in [-0.1, -0.05) is 30.3 Å². The number of nitrogens with one attached hydrogen (secondary N) is 2. The van der Waals surface area contributed by atoms with Gasteiger partial charge in [-0.3, -0.25) is 9.59 Å². The first-order chi connectivity index (χ1) is 10.7. The molecule has 0 saturated carbocycles. The van der Waals surface area contributed by atoms with Crippen LogP contribution in [0, 0.1) is 0 Å². The van der Waals surface area contributed by atoms with Crippen LogP contribution in [0.25, 0.3) is 10.8 Å².